The number of halogens is 2. The number of esters is 1. The van der Waals surface area contributed by atoms with Gasteiger partial charge in [-0.1, -0.05) is 11.6 Å². The smallest absolute Gasteiger partial charge is 0.349 e. The maximum atomic E-state index is 13.4. The van der Waals surface area contributed by atoms with Crippen LogP contribution in [0.2, 0.25) is 5.02 Å². The Bertz CT molecular complexity index is 786. The molecule has 2 rings (SSSR count). The zero-order valence-corrected chi connectivity index (χ0v) is 13.6. The van der Waals surface area contributed by atoms with E-state index in [2.05, 4.69) is 0 Å². The van der Waals surface area contributed by atoms with Crippen LogP contribution in [-0.2, 0) is 4.79 Å². The van der Waals surface area contributed by atoms with Gasteiger partial charge in [0.2, 0.25) is 5.82 Å². The summed E-state index contributed by atoms with van der Waals surface area (Å²) in [5.41, 5.74) is 0.854. The molecule has 0 aliphatic rings. The van der Waals surface area contributed by atoms with E-state index in [4.69, 9.17) is 21.1 Å². The minimum absolute atomic E-state index is 0.0153. The van der Waals surface area contributed by atoms with Gasteiger partial charge in [-0.2, -0.15) is 4.39 Å². The molecule has 0 N–H and O–H groups in total. The van der Waals surface area contributed by atoms with Crippen LogP contribution in [0.3, 0.4) is 0 Å². The number of hydrogen-bond acceptors (Lipinski definition) is 5. The van der Waals surface area contributed by atoms with Crippen molar-refractivity contribution in [2.24, 2.45) is 0 Å². The molecule has 6 nitrogen and oxygen atoms in total. The topological polar surface area (TPSA) is 78.7 Å². The lowest BCUT2D eigenvalue weighted by atomic mass is 10.1. The van der Waals surface area contributed by atoms with E-state index in [9.17, 15) is 19.3 Å². The minimum atomic E-state index is -1.05. The van der Waals surface area contributed by atoms with Crippen molar-refractivity contribution >= 4 is 23.3 Å². The van der Waals surface area contributed by atoms with Gasteiger partial charge in [0.05, 0.1) is 4.92 Å². The second kappa shape index (κ2) is 7.27. The van der Waals surface area contributed by atoms with Gasteiger partial charge in [0.15, 0.2) is 6.61 Å². The highest BCUT2D eigenvalue weighted by atomic mass is 35.5. The number of nitro groups is 1. The summed E-state index contributed by atoms with van der Waals surface area (Å²) in [5, 5.41) is 11.1. The summed E-state index contributed by atoms with van der Waals surface area (Å²) in [6.45, 7) is 3.09. The summed E-state index contributed by atoms with van der Waals surface area (Å²) >= 11 is 6.03. The molecule has 0 aliphatic heterocycles. The van der Waals surface area contributed by atoms with E-state index in [-0.39, 0.29) is 5.75 Å². The summed E-state index contributed by atoms with van der Waals surface area (Å²) in [7, 11) is 0. The Morgan fingerprint density at radius 3 is 2.38 bits per heavy atom. The first-order valence-electron chi connectivity index (χ1n) is 6.82. The van der Waals surface area contributed by atoms with E-state index in [1.807, 2.05) is 0 Å². The molecule has 0 aromatic heterocycles. The third-order valence-corrected chi connectivity index (χ3v) is 3.71. The van der Waals surface area contributed by atoms with E-state index in [0.717, 1.165) is 23.3 Å². The molecule has 0 saturated heterocycles. The first-order chi connectivity index (χ1) is 11.3. The van der Waals surface area contributed by atoms with Crippen molar-refractivity contribution in [2.75, 3.05) is 6.61 Å². The molecular formula is C16H13ClFNO5. The maximum Gasteiger partial charge on any atom is 0.349 e. The molecule has 0 bridgehead atoms. The fourth-order valence-corrected chi connectivity index (χ4v) is 2.10. The molecule has 0 heterocycles. The van der Waals surface area contributed by atoms with E-state index in [1.165, 1.54) is 6.07 Å². The van der Waals surface area contributed by atoms with Crippen molar-refractivity contribution < 1.29 is 23.6 Å². The van der Waals surface area contributed by atoms with Crippen LogP contribution < -0.4 is 9.47 Å². The van der Waals surface area contributed by atoms with Crippen molar-refractivity contribution in [3.8, 4) is 11.5 Å². The zero-order chi connectivity index (χ0) is 17.9. The van der Waals surface area contributed by atoms with Crippen LogP contribution in [0.15, 0.2) is 30.3 Å². The van der Waals surface area contributed by atoms with Crippen LogP contribution in [0.4, 0.5) is 10.1 Å². The third-order valence-electron chi connectivity index (χ3n) is 3.11. The predicted octanol–water partition coefficient (Wildman–Crippen LogP) is 3.99. The normalized spacial score (nSPS) is 10.3. The SMILES string of the molecule is Cc1cc(OC(=O)COc2ccc([N+](=O)[O-])c(F)c2)cc(C)c1Cl. The highest BCUT2D eigenvalue weighted by molar-refractivity contribution is 6.32. The van der Waals surface area contributed by atoms with Gasteiger partial charge in [-0.15, -0.1) is 0 Å². The molecule has 24 heavy (non-hydrogen) atoms. The van der Waals surface area contributed by atoms with Gasteiger partial charge >= 0.3 is 11.7 Å². The molecule has 0 spiro atoms. The number of aryl methyl sites for hydroxylation is 2. The van der Waals surface area contributed by atoms with Gasteiger partial charge in [0, 0.05) is 17.2 Å². The number of carbonyl (C=O) groups excluding carboxylic acids is 1. The Kier molecular flexibility index (Phi) is 5.35. The standard InChI is InChI=1S/C16H13ClFNO5/c1-9-5-12(6-10(2)16(9)17)24-15(20)8-23-11-3-4-14(19(21)22)13(18)7-11/h3-7H,8H2,1-2H3. The lowest BCUT2D eigenvalue weighted by molar-refractivity contribution is -0.387. The molecule has 0 amide bonds. The van der Waals surface area contributed by atoms with Crippen molar-refractivity contribution in [1.82, 2.24) is 0 Å². The van der Waals surface area contributed by atoms with E-state index in [1.54, 1.807) is 26.0 Å². The van der Waals surface area contributed by atoms with Crippen molar-refractivity contribution in [2.45, 2.75) is 13.8 Å². The Hall–Kier alpha value is -2.67. The lowest BCUT2D eigenvalue weighted by Gasteiger charge is -2.09. The number of carbonyl (C=O) groups is 1. The number of hydrogen-bond donors (Lipinski definition) is 0. The molecule has 0 atom stereocenters. The molecule has 2 aromatic carbocycles. The largest absolute Gasteiger partial charge is 0.482 e. The molecule has 0 fully saturated rings. The Morgan fingerprint density at radius 1 is 1.21 bits per heavy atom. The summed E-state index contributed by atoms with van der Waals surface area (Å²) in [6.07, 6.45) is 0. The van der Waals surface area contributed by atoms with Gasteiger partial charge < -0.3 is 9.47 Å². The third kappa shape index (κ3) is 4.20. The van der Waals surface area contributed by atoms with Gasteiger partial charge in [0.25, 0.3) is 0 Å². The van der Waals surface area contributed by atoms with Crippen LogP contribution >= 0.6 is 11.6 Å². The number of rotatable bonds is 5. The van der Waals surface area contributed by atoms with Crippen LogP contribution in [0.1, 0.15) is 11.1 Å². The number of nitrogens with zero attached hydrogens (tertiary/aromatic N) is 1. The molecule has 126 valence electrons. The molecule has 0 radical (unpaired) electrons. The van der Waals surface area contributed by atoms with E-state index < -0.39 is 29.0 Å². The van der Waals surface area contributed by atoms with Gasteiger partial charge in [0.1, 0.15) is 11.5 Å². The van der Waals surface area contributed by atoms with Crippen molar-refractivity contribution in [3.63, 3.8) is 0 Å². The molecular weight excluding hydrogens is 341 g/mol. The second-order valence-electron chi connectivity index (χ2n) is 5.00. The van der Waals surface area contributed by atoms with E-state index >= 15 is 0 Å². The summed E-state index contributed by atoms with van der Waals surface area (Å²) in [4.78, 5) is 21.4. The van der Waals surface area contributed by atoms with Gasteiger partial charge in [-0.25, -0.2) is 4.79 Å². The lowest BCUT2D eigenvalue weighted by Crippen LogP contribution is -2.18. The maximum absolute atomic E-state index is 13.4. The average molecular weight is 354 g/mol. The Labute approximate surface area is 141 Å². The Morgan fingerprint density at radius 2 is 1.83 bits per heavy atom. The predicted molar refractivity (Wildman–Crippen MR) is 85.1 cm³/mol. The number of ether oxygens (including phenoxy) is 2. The molecule has 0 aliphatic carbocycles. The highest BCUT2D eigenvalue weighted by Crippen LogP contribution is 2.26. The summed E-state index contributed by atoms with van der Waals surface area (Å²) < 4.78 is 23.6. The second-order valence-corrected chi connectivity index (χ2v) is 5.38. The first kappa shape index (κ1) is 17.7. The highest BCUT2D eigenvalue weighted by Gasteiger charge is 2.15. The van der Waals surface area contributed by atoms with Gasteiger partial charge in [-0.05, 0) is 43.2 Å². The fraction of sp³-hybridized carbons (Fsp3) is 0.188. The average Bonchev–Trinajstić information content (AvgIpc) is 2.50. The molecule has 2 aromatic rings. The quantitative estimate of drug-likeness (QED) is 0.351. The van der Waals surface area contributed by atoms with Gasteiger partial charge in [-0.3, -0.25) is 10.1 Å². The first-order valence-corrected chi connectivity index (χ1v) is 7.20. The van der Waals surface area contributed by atoms with Crippen LogP contribution in [-0.4, -0.2) is 17.5 Å². The minimum Gasteiger partial charge on any atom is -0.482 e. The van der Waals surface area contributed by atoms with Crippen molar-refractivity contribution in [1.29, 1.82) is 0 Å². The van der Waals surface area contributed by atoms with Crippen molar-refractivity contribution in [3.05, 3.63) is 62.4 Å². The molecule has 0 unspecified atom stereocenters. The van der Waals surface area contributed by atoms with E-state index in [0.29, 0.717) is 10.8 Å². The summed E-state index contributed by atoms with van der Waals surface area (Å²) in [6, 6.07) is 6.21. The molecule has 0 saturated carbocycles. The number of nitro benzene ring substituents is 1. The fourth-order valence-electron chi connectivity index (χ4n) is 1.99. The monoisotopic (exact) mass is 353 g/mol. The van der Waals surface area contributed by atoms with Crippen LogP contribution in [0.25, 0.3) is 0 Å². The van der Waals surface area contributed by atoms with Crippen LogP contribution in [0.5, 0.6) is 11.5 Å². The molecule has 8 heteroatoms. The number of benzene rings is 2. The summed E-state index contributed by atoms with van der Waals surface area (Å²) in [5.74, 6) is -1.44. The van der Waals surface area contributed by atoms with Crippen LogP contribution in [0, 0.1) is 29.8 Å². The Balaban J connectivity index is 1.99. The zero-order valence-electron chi connectivity index (χ0n) is 12.8.